The van der Waals surface area contributed by atoms with Crippen LogP contribution in [-0.2, 0) is 59.8 Å². The molecule has 21 heteroatoms. The van der Waals surface area contributed by atoms with Gasteiger partial charge in [0.2, 0.25) is 5.91 Å². The van der Waals surface area contributed by atoms with Crippen LogP contribution in [-0.4, -0.2) is 129 Å². The summed E-state index contributed by atoms with van der Waals surface area (Å²) in [7, 11) is -7.34. The molecule has 0 saturated carbocycles. The molecule has 8 heterocycles. The van der Waals surface area contributed by atoms with Crippen molar-refractivity contribution in [1.82, 2.24) is 29.9 Å². The van der Waals surface area contributed by atoms with Gasteiger partial charge in [0.1, 0.15) is 11.6 Å². The first kappa shape index (κ1) is 35.0. The van der Waals surface area contributed by atoms with Gasteiger partial charge in [-0.25, -0.2) is 38.3 Å². The summed E-state index contributed by atoms with van der Waals surface area (Å²) >= 11 is 0. The Hall–Kier alpha value is -6.06. The molecular formula is C33H33N7O13S. The maximum Gasteiger partial charge on any atom is 0.486 e. The Labute approximate surface area is 305 Å². The van der Waals surface area contributed by atoms with Gasteiger partial charge >= 0.3 is 41.1 Å². The number of rotatable bonds is 4. The van der Waals surface area contributed by atoms with Gasteiger partial charge in [0.05, 0.1) is 23.6 Å². The maximum absolute atomic E-state index is 14.7. The number of amides is 1. The third-order valence-corrected chi connectivity index (χ3v) is 14.8. The zero-order valence-electron chi connectivity index (χ0n) is 28.6. The van der Waals surface area contributed by atoms with Gasteiger partial charge in [-0.1, -0.05) is 0 Å². The van der Waals surface area contributed by atoms with Gasteiger partial charge < -0.3 is 36.4 Å². The average molecular weight is 768 g/mol. The Balaban J connectivity index is 1.09. The van der Waals surface area contributed by atoms with Crippen LogP contribution in [0.3, 0.4) is 0 Å². The molecule has 6 aliphatic rings. The van der Waals surface area contributed by atoms with Crippen LogP contribution in [0.25, 0.3) is 5.69 Å². The molecule has 0 bridgehead atoms. The van der Waals surface area contributed by atoms with E-state index in [2.05, 4.69) is 25.2 Å². The molecule has 2 aromatic rings. The van der Waals surface area contributed by atoms with E-state index in [0.29, 0.717) is 74.1 Å². The van der Waals surface area contributed by atoms with Crippen LogP contribution in [0.4, 0.5) is 5.82 Å². The van der Waals surface area contributed by atoms with Gasteiger partial charge in [-0.05, 0) is 25.5 Å². The first-order valence-electron chi connectivity index (χ1n) is 16.8. The summed E-state index contributed by atoms with van der Waals surface area (Å²) in [5.41, 5.74) is 1.67. The third-order valence-electron chi connectivity index (χ3n) is 9.88. The maximum atomic E-state index is 14.7. The molecule has 1 amide bonds. The van der Waals surface area contributed by atoms with E-state index in [1.807, 2.05) is 29.8 Å². The summed E-state index contributed by atoms with van der Waals surface area (Å²) in [4.78, 5) is 103. The Kier molecular flexibility index (Phi) is 7.76. The van der Waals surface area contributed by atoms with Crippen molar-refractivity contribution in [1.29, 1.82) is 0 Å². The lowest BCUT2D eigenvalue weighted by Crippen LogP contribution is -2.70. The quantitative estimate of drug-likeness (QED) is 0.383. The highest BCUT2D eigenvalue weighted by Gasteiger charge is 2.96. The number of nitrogens with one attached hydrogen (secondary N) is 1. The highest BCUT2D eigenvalue weighted by atomic mass is 32.4. The number of esters is 2. The number of pyridine rings is 1. The second-order valence-electron chi connectivity index (χ2n) is 13.2. The topological polar surface area (TPSA) is 227 Å². The van der Waals surface area contributed by atoms with Gasteiger partial charge in [0.25, 0.3) is 9.42 Å². The fraction of sp³-hybridized carbons (Fsp3) is 0.364. The van der Waals surface area contributed by atoms with E-state index in [0.717, 1.165) is 17.2 Å². The SMILES string of the molecule is Cc1cc(N2CCN([C@@H]3CN[C@H](C(=O)N4CCS56(OC(=O)C=CC(=O)O5)(OC(=O)C=CC(=O)O6)C45OC(=O)C=CC(=O)O5)C3)CC2)n(-c2cccnc2)n1. The van der Waals surface area contributed by atoms with E-state index in [1.165, 1.54) is 0 Å². The van der Waals surface area contributed by atoms with Crippen LogP contribution in [0.1, 0.15) is 12.1 Å². The smallest absolute Gasteiger partial charge is 0.384 e. The Bertz CT molecular complexity index is 2010. The van der Waals surface area contributed by atoms with Crippen molar-refractivity contribution in [3.8, 4) is 5.69 Å². The Morgan fingerprint density at radius 1 is 0.815 bits per heavy atom. The molecule has 8 rings (SSSR count). The van der Waals surface area contributed by atoms with Crippen LogP contribution >= 0.6 is 9.42 Å². The summed E-state index contributed by atoms with van der Waals surface area (Å²) < 4.78 is 35.7. The number of hydrogen-bond acceptors (Lipinski definition) is 18. The lowest BCUT2D eigenvalue weighted by Gasteiger charge is -2.71. The van der Waals surface area contributed by atoms with Crippen molar-refractivity contribution in [3.63, 3.8) is 0 Å². The zero-order valence-corrected chi connectivity index (χ0v) is 29.4. The second kappa shape index (κ2) is 12.0. The Morgan fingerprint density at radius 2 is 1.39 bits per heavy atom. The predicted molar refractivity (Wildman–Crippen MR) is 181 cm³/mol. The van der Waals surface area contributed by atoms with Crippen molar-refractivity contribution in [2.45, 2.75) is 30.7 Å². The fourth-order valence-corrected chi connectivity index (χ4v) is 12.4. The van der Waals surface area contributed by atoms with Crippen LogP contribution < -0.4 is 10.2 Å². The molecule has 3 saturated heterocycles. The molecule has 2 aromatic heterocycles. The van der Waals surface area contributed by atoms with Crippen LogP contribution in [0.5, 0.6) is 0 Å². The van der Waals surface area contributed by atoms with Gasteiger partial charge in [0.15, 0.2) is 0 Å². The van der Waals surface area contributed by atoms with E-state index in [4.69, 9.17) is 26.2 Å². The third kappa shape index (κ3) is 5.10. The zero-order chi connectivity index (χ0) is 37.9. The van der Waals surface area contributed by atoms with E-state index in [1.54, 1.807) is 12.4 Å². The molecule has 0 unspecified atom stereocenters. The number of carbonyl (C=O) groups is 7. The number of aromatic nitrogens is 3. The summed E-state index contributed by atoms with van der Waals surface area (Å²) in [5.74, 6) is -9.75. The van der Waals surface area contributed by atoms with Crippen molar-refractivity contribution >= 4 is 57.0 Å². The summed E-state index contributed by atoms with van der Waals surface area (Å²) in [6.07, 6.45) is 7.14. The number of piperazine rings is 1. The lowest BCUT2D eigenvalue weighted by molar-refractivity contribution is -0.247. The molecule has 0 aromatic carbocycles. The lowest BCUT2D eigenvalue weighted by atomic mass is 10.1. The molecular weight excluding hydrogens is 734 g/mol. The number of hydrogen-bond donors (Lipinski definition) is 1. The van der Waals surface area contributed by atoms with Crippen LogP contribution in [0.15, 0.2) is 67.0 Å². The number of carbonyl (C=O) groups excluding carboxylic acids is 7. The minimum absolute atomic E-state index is 0.183. The van der Waals surface area contributed by atoms with Crippen LogP contribution in [0.2, 0.25) is 0 Å². The van der Waals surface area contributed by atoms with E-state index >= 15 is 0 Å². The summed E-state index contributed by atoms with van der Waals surface area (Å²) in [5, 5.41) is 4.22. The van der Waals surface area contributed by atoms with E-state index in [-0.39, 0.29) is 12.5 Å². The highest BCUT2D eigenvalue weighted by Crippen LogP contribution is 3.01. The average Bonchev–Trinajstić information content (AvgIpc) is 3.76. The number of nitrogens with zero attached hydrogens (tertiary/aromatic N) is 6. The van der Waals surface area contributed by atoms with E-state index in [9.17, 15) is 33.6 Å². The molecule has 54 heavy (non-hydrogen) atoms. The monoisotopic (exact) mass is 767 g/mol. The number of ether oxygens (including phenoxy) is 2. The first-order chi connectivity index (χ1) is 25.8. The minimum Gasteiger partial charge on any atom is -0.384 e. The summed E-state index contributed by atoms with van der Waals surface area (Å²) in [6, 6.07) is 4.52. The van der Waals surface area contributed by atoms with Gasteiger partial charge in [0, 0.05) is 94.0 Å². The minimum atomic E-state index is -7.34. The van der Waals surface area contributed by atoms with Gasteiger partial charge in [-0.2, -0.15) is 5.10 Å². The number of anilines is 1. The van der Waals surface area contributed by atoms with Crippen molar-refractivity contribution in [2.24, 2.45) is 0 Å². The first-order valence-corrected chi connectivity index (χ1v) is 19.1. The van der Waals surface area contributed by atoms with Crippen molar-refractivity contribution in [3.05, 3.63) is 72.7 Å². The molecule has 284 valence electrons. The standard InChI is InChI=1S/C33H33N7O13S/c1-21-17-25(40(36-21)22-3-2-10-34-19-22)38-13-11-37(12-14-38)23-18-24(35-20-23)32(47)39-15-16-54(50-28(43)6-7-29(44)51-54,52-30(45)8-9-31(46)53-54)33(39)48-26(41)4-5-27(42)49-33/h2-10,17,19,23-24,35H,11-16,18,20H2,1H3/t23-,24-/m0/s1. The molecule has 6 aliphatic heterocycles. The van der Waals surface area contributed by atoms with Crippen LogP contribution in [0, 0.1) is 6.92 Å². The molecule has 2 atom stereocenters. The number of aryl methyl sites for hydroxylation is 1. The van der Waals surface area contributed by atoms with Gasteiger partial charge in [-0.15, -0.1) is 0 Å². The second-order valence-corrected chi connectivity index (χ2v) is 17.5. The molecule has 0 aliphatic carbocycles. The molecule has 2 spiro atoms. The van der Waals surface area contributed by atoms with E-state index < -0.39 is 74.7 Å². The Morgan fingerprint density at radius 3 is 1.94 bits per heavy atom. The molecule has 3 fully saturated rings. The van der Waals surface area contributed by atoms with Gasteiger partial charge in [-0.3, -0.25) is 14.7 Å². The largest absolute Gasteiger partial charge is 0.486 e. The fourth-order valence-electron chi connectivity index (χ4n) is 7.57. The normalized spacial score (nSPS) is 28.0. The molecule has 1 N–H and O–H groups in total. The predicted octanol–water partition coefficient (Wildman–Crippen LogP) is -0.614. The summed E-state index contributed by atoms with van der Waals surface area (Å²) in [6.45, 7) is 4.03. The highest BCUT2D eigenvalue weighted by molar-refractivity contribution is 8.52. The molecule has 0 radical (unpaired) electrons. The van der Waals surface area contributed by atoms with Crippen molar-refractivity contribution < 1.29 is 59.8 Å². The molecule has 20 nitrogen and oxygen atoms in total. The van der Waals surface area contributed by atoms with Crippen molar-refractivity contribution in [2.75, 3.05) is 49.9 Å².